The van der Waals surface area contributed by atoms with Crippen LogP contribution in [-0.4, -0.2) is 31.2 Å². The number of hydrogen-bond donors (Lipinski definition) is 1. The molecule has 2 aromatic carbocycles. The molecule has 0 aliphatic carbocycles. The number of methoxy groups -OCH3 is 1. The van der Waals surface area contributed by atoms with Gasteiger partial charge in [-0.05, 0) is 41.0 Å². The zero-order valence-corrected chi connectivity index (χ0v) is 16.5. The van der Waals surface area contributed by atoms with E-state index in [0.717, 1.165) is 5.56 Å². The SMILES string of the molecule is COc1ccc(Cc2ccc(N3CCNC3=O)nc2)c(F)c1-c1cccc(Cl)c1. The predicted octanol–water partition coefficient (Wildman–Crippen LogP) is 4.67. The number of carbonyl (C=O) groups excluding carboxylic acids is 1. The Morgan fingerprint density at radius 3 is 2.76 bits per heavy atom. The first-order valence-corrected chi connectivity index (χ1v) is 9.56. The summed E-state index contributed by atoms with van der Waals surface area (Å²) >= 11 is 6.09. The number of pyridine rings is 1. The number of nitrogens with one attached hydrogen (secondary N) is 1. The third-order valence-corrected chi connectivity index (χ3v) is 5.09. The zero-order chi connectivity index (χ0) is 20.4. The van der Waals surface area contributed by atoms with Gasteiger partial charge in [0, 0.05) is 30.7 Å². The van der Waals surface area contributed by atoms with Crippen molar-refractivity contribution in [3.63, 3.8) is 0 Å². The van der Waals surface area contributed by atoms with Crippen molar-refractivity contribution in [2.75, 3.05) is 25.1 Å². The second-order valence-corrected chi connectivity index (χ2v) is 7.15. The highest BCUT2D eigenvalue weighted by molar-refractivity contribution is 6.30. The summed E-state index contributed by atoms with van der Waals surface area (Å²) in [4.78, 5) is 17.7. The fourth-order valence-electron chi connectivity index (χ4n) is 3.41. The van der Waals surface area contributed by atoms with E-state index in [1.165, 1.54) is 7.11 Å². The molecule has 0 atom stereocenters. The molecule has 3 aromatic rings. The fourth-order valence-corrected chi connectivity index (χ4v) is 3.60. The van der Waals surface area contributed by atoms with Crippen molar-refractivity contribution in [2.45, 2.75) is 6.42 Å². The molecule has 0 radical (unpaired) electrons. The van der Waals surface area contributed by atoms with E-state index in [1.54, 1.807) is 53.6 Å². The van der Waals surface area contributed by atoms with Crippen molar-refractivity contribution in [1.82, 2.24) is 10.3 Å². The van der Waals surface area contributed by atoms with Gasteiger partial charge in [0.2, 0.25) is 0 Å². The molecule has 1 aliphatic rings. The van der Waals surface area contributed by atoms with Crippen molar-refractivity contribution in [2.24, 2.45) is 0 Å². The van der Waals surface area contributed by atoms with Gasteiger partial charge in [0.25, 0.3) is 0 Å². The van der Waals surface area contributed by atoms with Crippen LogP contribution in [0.2, 0.25) is 5.02 Å². The molecule has 1 aliphatic heterocycles. The first kappa shape index (κ1) is 19.2. The van der Waals surface area contributed by atoms with Gasteiger partial charge in [-0.3, -0.25) is 4.90 Å². The van der Waals surface area contributed by atoms with Crippen molar-refractivity contribution < 1.29 is 13.9 Å². The Morgan fingerprint density at radius 1 is 1.24 bits per heavy atom. The topological polar surface area (TPSA) is 54.5 Å². The largest absolute Gasteiger partial charge is 0.496 e. The summed E-state index contributed by atoms with van der Waals surface area (Å²) in [6.07, 6.45) is 2.03. The van der Waals surface area contributed by atoms with Gasteiger partial charge in [-0.15, -0.1) is 0 Å². The molecule has 1 fully saturated rings. The van der Waals surface area contributed by atoms with Crippen LogP contribution in [0, 0.1) is 5.82 Å². The molecule has 2 amide bonds. The predicted molar refractivity (Wildman–Crippen MR) is 111 cm³/mol. The molecule has 0 bridgehead atoms. The van der Waals surface area contributed by atoms with E-state index in [9.17, 15) is 4.79 Å². The average Bonchev–Trinajstić information content (AvgIpc) is 3.15. The van der Waals surface area contributed by atoms with Gasteiger partial charge in [-0.25, -0.2) is 14.2 Å². The number of aromatic nitrogens is 1. The van der Waals surface area contributed by atoms with Gasteiger partial charge in [0.1, 0.15) is 17.4 Å². The van der Waals surface area contributed by atoms with Gasteiger partial charge in [-0.2, -0.15) is 0 Å². The minimum absolute atomic E-state index is 0.155. The van der Waals surface area contributed by atoms with Crippen LogP contribution in [0.4, 0.5) is 15.0 Å². The van der Waals surface area contributed by atoms with Crippen LogP contribution < -0.4 is 15.0 Å². The van der Waals surface area contributed by atoms with Crippen LogP contribution >= 0.6 is 11.6 Å². The summed E-state index contributed by atoms with van der Waals surface area (Å²) in [5, 5.41) is 3.27. The number of urea groups is 1. The lowest BCUT2D eigenvalue weighted by Gasteiger charge is -2.15. The van der Waals surface area contributed by atoms with Gasteiger partial charge in [0.05, 0.1) is 12.7 Å². The molecule has 1 aromatic heterocycles. The van der Waals surface area contributed by atoms with E-state index in [0.29, 0.717) is 52.8 Å². The molecule has 0 unspecified atom stereocenters. The number of halogens is 2. The summed E-state index contributed by atoms with van der Waals surface area (Å²) in [6.45, 7) is 1.19. The molecular weight excluding hydrogens is 393 g/mol. The van der Waals surface area contributed by atoms with Crippen molar-refractivity contribution >= 4 is 23.4 Å². The molecule has 0 spiro atoms. The molecule has 5 nitrogen and oxygen atoms in total. The lowest BCUT2D eigenvalue weighted by molar-refractivity contribution is 0.252. The number of ether oxygens (including phenoxy) is 1. The number of benzene rings is 2. The molecule has 1 N–H and O–H groups in total. The van der Waals surface area contributed by atoms with E-state index < -0.39 is 0 Å². The minimum atomic E-state index is -0.352. The van der Waals surface area contributed by atoms with Crippen molar-refractivity contribution in [1.29, 1.82) is 0 Å². The highest BCUT2D eigenvalue weighted by Gasteiger charge is 2.22. The first-order valence-electron chi connectivity index (χ1n) is 9.18. The maximum Gasteiger partial charge on any atom is 0.323 e. The zero-order valence-electron chi connectivity index (χ0n) is 15.8. The quantitative estimate of drug-likeness (QED) is 0.663. The van der Waals surface area contributed by atoms with Gasteiger partial charge in [0.15, 0.2) is 0 Å². The van der Waals surface area contributed by atoms with Gasteiger partial charge in [-0.1, -0.05) is 35.9 Å². The highest BCUT2D eigenvalue weighted by atomic mass is 35.5. The van der Waals surface area contributed by atoms with Crippen LogP contribution in [-0.2, 0) is 6.42 Å². The van der Waals surface area contributed by atoms with Crippen LogP contribution in [0.5, 0.6) is 5.75 Å². The molecule has 0 saturated carbocycles. The van der Waals surface area contributed by atoms with Crippen LogP contribution in [0.3, 0.4) is 0 Å². The van der Waals surface area contributed by atoms with Gasteiger partial charge < -0.3 is 10.1 Å². The normalized spacial score (nSPS) is 13.5. The number of amides is 2. The average molecular weight is 412 g/mol. The number of hydrogen-bond acceptors (Lipinski definition) is 3. The summed E-state index contributed by atoms with van der Waals surface area (Å²) in [7, 11) is 1.51. The van der Waals surface area contributed by atoms with Crippen molar-refractivity contribution in [3.8, 4) is 16.9 Å². The maximum absolute atomic E-state index is 15.4. The summed E-state index contributed by atoms with van der Waals surface area (Å²) < 4.78 is 20.8. The summed E-state index contributed by atoms with van der Waals surface area (Å²) in [5.41, 5.74) is 2.40. The smallest absolute Gasteiger partial charge is 0.323 e. The van der Waals surface area contributed by atoms with E-state index in [2.05, 4.69) is 10.3 Å². The van der Waals surface area contributed by atoms with Crippen LogP contribution in [0.1, 0.15) is 11.1 Å². The summed E-state index contributed by atoms with van der Waals surface area (Å²) in [6, 6.07) is 14.0. The Bertz CT molecular complexity index is 1060. The van der Waals surface area contributed by atoms with E-state index in [-0.39, 0.29) is 11.8 Å². The third kappa shape index (κ3) is 3.89. The maximum atomic E-state index is 15.4. The Hall–Kier alpha value is -3.12. The first-order chi connectivity index (χ1) is 14.1. The standard InChI is InChI=1S/C22H19ClFN3O2/c1-29-18-7-6-16(21(24)20(18)15-3-2-4-17(23)12-15)11-14-5-8-19(26-13-14)27-10-9-25-22(27)28/h2-8,12-13H,9-11H2,1H3,(H,25,28). The molecule has 7 heteroatoms. The van der Waals surface area contributed by atoms with Crippen LogP contribution in [0.15, 0.2) is 54.7 Å². The molecule has 29 heavy (non-hydrogen) atoms. The highest BCUT2D eigenvalue weighted by Crippen LogP contribution is 2.36. The van der Waals surface area contributed by atoms with E-state index >= 15 is 4.39 Å². The second-order valence-electron chi connectivity index (χ2n) is 6.71. The molecule has 4 rings (SSSR count). The van der Waals surface area contributed by atoms with E-state index in [4.69, 9.17) is 16.3 Å². The summed E-state index contributed by atoms with van der Waals surface area (Å²) in [5.74, 6) is 0.676. The number of anilines is 1. The lowest BCUT2D eigenvalue weighted by atomic mass is 9.97. The monoisotopic (exact) mass is 411 g/mol. The van der Waals surface area contributed by atoms with Gasteiger partial charge >= 0.3 is 6.03 Å². The fraction of sp³-hybridized carbons (Fsp3) is 0.182. The van der Waals surface area contributed by atoms with Crippen LogP contribution in [0.25, 0.3) is 11.1 Å². The van der Waals surface area contributed by atoms with E-state index in [1.807, 2.05) is 6.07 Å². The molecular formula is C22H19ClFN3O2. The Labute approximate surface area is 173 Å². The number of carbonyl (C=O) groups is 1. The molecule has 2 heterocycles. The number of nitrogens with zero attached hydrogens (tertiary/aromatic N) is 2. The lowest BCUT2D eigenvalue weighted by Crippen LogP contribution is -2.28. The molecule has 148 valence electrons. The minimum Gasteiger partial charge on any atom is -0.496 e. The second kappa shape index (κ2) is 8.09. The Balaban J connectivity index is 1.64. The van der Waals surface area contributed by atoms with Crippen molar-refractivity contribution in [3.05, 3.63) is 76.7 Å². The Kier molecular flexibility index (Phi) is 5.36. The molecule has 1 saturated heterocycles. The third-order valence-electron chi connectivity index (χ3n) is 4.85. The number of rotatable bonds is 5. The Morgan fingerprint density at radius 2 is 2.10 bits per heavy atom.